The highest BCUT2D eigenvalue weighted by atomic mass is 32.1. The number of nitrogens with zero attached hydrogens (tertiary/aromatic N) is 4. The number of thiazole rings is 1. The Hall–Kier alpha value is -3.53. The van der Waals surface area contributed by atoms with E-state index in [-0.39, 0.29) is 24.6 Å². The largest absolute Gasteiger partial charge is 0.458 e. The molecule has 0 bridgehead atoms. The van der Waals surface area contributed by atoms with Crippen molar-refractivity contribution in [1.82, 2.24) is 14.5 Å². The summed E-state index contributed by atoms with van der Waals surface area (Å²) >= 11 is 1.30. The summed E-state index contributed by atoms with van der Waals surface area (Å²) < 4.78 is 12.0. The van der Waals surface area contributed by atoms with Crippen molar-refractivity contribution in [1.29, 1.82) is 0 Å². The monoisotopic (exact) mass is 426 g/mol. The van der Waals surface area contributed by atoms with Gasteiger partial charge >= 0.3 is 5.97 Å². The smallest absolute Gasteiger partial charge is 0.326 e. The van der Waals surface area contributed by atoms with Crippen LogP contribution in [-0.2, 0) is 27.5 Å². The Morgan fingerprint density at radius 2 is 2.10 bits per heavy atom. The number of fused-ring (bicyclic) bond motifs is 3. The lowest BCUT2D eigenvalue weighted by atomic mass is 10.2. The number of hydrogen-bond donors (Lipinski definition) is 0. The number of amides is 1. The van der Waals surface area contributed by atoms with Crippen LogP contribution < -0.4 is 10.5 Å². The number of para-hydroxylation sites is 1. The standard InChI is InChI=1S/C20H18N4O5S/c1-3-24(12(2)25)20-22-13(10-30-20)9-28-16(26)8-23-11-21-17-14-6-4-5-7-15(14)29-18(17)19(23)27/h4-7,10-11H,3,8-9H2,1-2H3. The molecule has 0 unspecified atom stereocenters. The first-order valence-corrected chi connectivity index (χ1v) is 10.1. The highest BCUT2D eigenvalue weighted by Crippen LogP contribution is 2.24. The lowest BCUT2D eigenvalue weighted by Crippen LogP contribution is -2.27. The third kappa shape index (κ3) is 3.69. The number of carbonyl (C=O) groups is 2. The molecule has 30 heavy (non-hydrogen) atoms. The van der Waals surface area contributed by atoms with Gasteiger partial charge in [-0.05, 0) is 19.1 Å². The van der Waals surface area contributed by atoms with Gasteiger partial charge in [0.15, 0.2) is 5.13 Å². The van der Waals surface area contributed by atoms with Gasteiger partial charge in [-0.2, -0.15) is 0 Å². The van der Waals surface area contributed by atoms with E-state index in [1.165, 1.54) is 29.5 Å². The van der Waals surface area contributed by atoms with Gasteiger partial charge in [0.05, 0.1) is 12.0 Å². The van der Waals surface area contributed by atoms with Crippen LogP contribution in [0.25, 0.3) is 22.1 Å². The molecule has 0 aliphatic rings. The summed E-state index contributed by atoms with van der Waals surface area (Å²) in [6.07, 6.45) is 1.31. The highest BCUT2D eigenvalue weighted by Gasteiger charge is 2.16. The zero-order valence-electron chi connectivity index (χ0n) is 16.3. The van der Waals surface area contributed by atoms with Gasteiger partial charge < -0.3 is 9.15 Å². The Bertz CT molecular complexity index is 1310. The van der Waals surface area contributed by atoms with Crippen LogP contribution in [0.1, 0.15) is 19.5 Å². The molecule has 154 valence electrons. The molecule has 0 fully saturated rings. The van der Waals surface area contributed by atoms with E-state index >= 15 is 0 Å². The molecule has 0 spiro atoms. The molecule has 0 saturated carbocycles. The third-order valence-corrected chi connectivity index (χ3v) is 5.41. The Balaban J connectivity index is 1.46. The van der Waals surface area contributed by atoms with Gasteiger partial charge in [-0.3, -0.25) is 23.9 Å². The van der Waals surface area contributed by atoms with Crippen LogP contribution in [0, 0.1) is 0 Å². The molecule has 0 aliphatic heterocycles. The fourth-order valence-corrected chi connectivity index (χ4v) is 3.96. The average Bonchev–Trinajstić information content (AvgIpc) is 3.34. The van der Waals surface area contributed by atoms with Crippen LogP contribution in [-0.4, -0.2) is 33.0 Å². The number of aromatic nitrogens is 3. The number of rotatable bonds is 6. The quantitative estimate of drug-likeness (QED) is 0.436. The Morgan fingerprint density at radius 3 is 2.87 bits per heavy atom. The van der Waals surface area contributed by atoms with Crippen LogP contribution in [0.5, 0.6) is 0 Å². The van der Waals surface area contributed by atoms with Gasteiger partial charge in [-0.15, -0.1) is 11.3 Å². The molecule has 1 amide bonds. The number of anilines is 1. The fourth-order valence-electron chi connectivity index (χ4n) is 3.05. The third-order valence-electron chi connectivity index (χ3n) is 4.50. The molecule has 9 nitrogen and oxygen atoms in total. The molecule has 3 heterocycles. The molecule has 3 aromatic heterocycles. The number of benzene rings is 1. The summed E-state index contributed by atoms with van der Waals surface area (Å²) in [5.41, 5.74) is 1.19. The van der Waals surface area contributed by atoms with Crippen molar-refractivity contribution in [3.63, 3.8) is 0 Å². The van der Waals surface area contributed by atoms with E-state index in [0.29, 0.717) is 28.5 Å². The molecule has 1 aromatic carbocycles. The van der Waals surface area contributed by atoms with Crippen LogP contribution in [0.2, 0.25) is 0 Å². The summed E-state index contributed by atoms with van der Waals surface area (Å²) in [5, 5.41) is 3.01. The van der Waals surface area contributed by atoms with Crippen molar-refractivity contribution in [2.75, 3.05) is 11.4 Å². The number of ether oxygens (including phenoxy) is 1. The van der Waals surface area contributed by atoms with E-state index in [2.05, 4.69) is 9.97 Å². The maximum atomic E-state index is 12.7. The fraction of sp³-hybridized carbons (Fsp3) is 0.250. The molecule has 0 radical (unpaired) electrons. The summed E-state index contributed by atoms with van der Waals surface area (Å²) in [4.78, 5) is 46.6. The number of carbonyl (C=O) groups excluding carboxylic acids is 2. The van der Waals surface area contributed by atoms with Gasteiger partial charge in [-0.25, -0.2) is 9.97 Å². The van der Waals surface area contributed by atoms with Crippen molar-refractivity contribution in [2.24, 2.45) is 0 Å². The molecular weight excluding hydrogens is 408 g/mol. The number of furan rings is 1. The van der Waals surface area contributed by atoms with E-state index in [1.54, 1.807) is 17.5 Å². The maximum Gasteiger partial charge on any atom is 0.326 e. The number of hydrogen-bond acceptors (Lipinski definition) is 8. The summed E-state index contributed by atoms with van der Waals surface area (Å²) in [6.45, 7) is 3.47. The van der Waals surface area contributed by atoms with E-state index in [9.17, 15) is 14.4 Å². The van der Waals surface area contributed by atoms with Gasteiger partial charge in [0.2, 0.25) is 11.5 Å². The Kier molecular flexibility index (Phi) is 5.32. The van der Waals surface area contributed by atoms with Crippen molar-refractivity contribution < 1.29 is 18.7 Å². The second-order valence-electron chi connectivity index (χ2n) is 6.50. The van der Waals surface area contributed by atoms with Crippen LogP contribution >= 0.6 is 11.3 Å². The summed E-state index contributed by atoms with van der Waals surface area (Å²) in [7, 11) is 0. The van der Waals surface area contributed by atoms with Crippen molar-refractivity contribution in [3.05, 3.63) is 52.0 Å². The minimum Gasteiger partial charge on any atom is -0.458 e. The molecular formula is C20H18N4O5S. The van der Waals surface area contributed by atoms with Gasteiger partial charge in [0.25, 0.3) is 5.56 Å². The minimum atomic E-state index is -0.608. The van der Waals surface area contributed by atoms with Gasteiger partial charge in [0.1, 0.15) is 24.3 Å². The topological polar surface area (TPSA) is 108 Å². The van der Waals surface area contributed by atoms with Crippen molar-refractivity contribution >= 4 is 50.4 Å². The SMILES string of the molecule is CCN(C(C)=O)c1nc(COC(=O)Cn2cnc3c(oc4ccccc43)c2=O)cs1. The Morgan fingerprint density at radius 1 is 1.30 bits per heavy atom. The first kappa shape index (κ1) is 19.8. The van der Waals surface area contributed by atoms with Crippen LogP contribution in [0.4, 0.5) is 5.13 Å². The second kappa shape index (κ2) is 8.07. The Labute approximate surface area is 174 Å². The summed E-state index contributed by atoms with van der Waals surface area (Å²) in [6, 6.07) is 7.21. The second-order valence-corrected chi connectivity index (χ2v) is 7.34. The molecule has 4 rings (SSSR count). The highest BCUT2D eigenvalue weighted by molar-refractivity contribution is 7.14. The normalized spacial score (nSPS) is 11.1. The molecule has 0 aliphatic carbocycles. The molecule has 10 heteroatoms. The molecule has 0 N–H and O–H groups in total. The minimum absolute atomic E-state index is 0.0557. The predicted molar refractivity (Wildman–Crippen MR) is 111 cm³/mol. The van der Waals surface area contributed by atoms with Crippen LogP contribution in [0.3, 0.4) is 0 Å². The van der Waals surface area contributed by atoms with Gasteiger partial charge in [0, 0.05) is 24.2 Å². The first-order chi connectivity index (χ1) is 14.5. The summed E-state index contributed by atoms with van der Waals surface area (Å²) in [5.74, 6) is -0.717. The molecule has 0 atom stereocenters. The lowest BCUT2D eigenvalue weighted by molar-refractivity contribution is -0.145. The van der Waals surface area contributed by atoms with E-state index in [0.717, 1.165) is 9.95 Å². The van der Waals surface area contributed by atoms with E-state index in [1.807, 2.05) is 19.1 Å². The van der Waals surface area contributed by atoms with Crippen molar-refractivity contribution in [2.45, 2.75) is 27.0 Å². The van der Waals surface area contributed by atoms with Crippen LogP contribution in [0.15, 0.2) is 45.2 Å². The van der Waals surface area contributed by atoms with E-state index < -0.39 is 11.5 Å². The average molecular weight is 426 g/mol. The predicted octanol–water partition coefficient (Wildman–Crippen LogP) is 2.72. The zero-order chi connectivity index (χ0) is 21.3. The van der Waals surface area contributed by atoms with Crippen molar-refractivity contribution in [3.8, 4) is 0 Å². The number of esters is 1. The van der Waals surface area contributed by atoms with E-state index in [4.69, 9.17) is 9.15 Å². The maximum absolute atomic E-state index is 12.7. The zero-order valence-corrected chi connectivity index (χ0v) is 17.1. The lowest BCUT2D eigenvalue weighted by Gasteiger charge is -2.14. The first-order valence-electron chi connectivity index (χ1n) is 9.22. The van der Waals surface area contributed by atoms with Gasteiger partial charge in [-0.1, -0.05) is 12.1 Å². The molecule has 4 aromatic rings. The molecule has 0 saturated heterocycles.